The van der Waals surface area contributed by atoms with Gasteiger partial charge >= 0.3 is 0 Å². The van der Waals surface area contributed by atoms with Crippen molar-refractivity contribution in [2.45, 2.75) is 19.8 Å². The van der Waals surface area contributed by atoms with Gasteiger partial charge in [-0.15, -0.1) is 0 Å². The fourth-order valence-electron chi connectivity index (χ4n) is 2.52. The van der Waals surface area contributed by atoms with Crippen LogP contribution in [0.3, 0.4) is 0 Å². The number of sulfonamides is 1. The number of anilines is 1. The van der Waals surface area contributed by atoms with Crippen LogP contribution in [-0.2, 0) is 16.4 Å². The first kappa shape index (κ1) is 15.6. The standard InChI is InChI=1S/C17H19N3O2S/c1-14-12-20-13-16(9-10-17(20)18-14)19-23(21,22)11-5-8-15-6-3-2-4-7-15/h2-4,6-7,9-10,12-13,19H,5,8,11H2,1H3. The van der Waals surface area contributed by atoms with E-state index >= 15 is 0 Å². The third-order valence-electron chi connectivity index (χ3n) is 3.57. The highest BCUT2D eigenvalue weighted by Gasteiger charge is 2.11. The molecule has 0 fully saturated rings. The topological polar surface area (TPSA) is 63.5 Å². The van der Waals surface area contributed by atoms with Crippen LogP contribution in [-0.4, -0.2) is 23.6 Å². The summed E-state index contributed by atoms with van der Waals surface area (Å²) in [5.74, 6) is 0.100. The summed E-state index contributed by atoms with van der Waals surface area (Å²) in [7, 11) is -3.35. The molecule has 1 N–H and O–H groups in total. The predicted octanol–water partition coefficient (Wildman–Crippen LogP) is 3.02. The number of aromatic nitrogens is 2. The van der Waals surface area contributed by atoms with Gasteiger partial charge < -0.3 is 4.40 Å². The fourth-order valence-corrected chi connectivity index (χ4v) is 3.63. The number of fused-ring (bicyclic) bond motifs is 1. The molecule has 0 saturated heterocycles. The maximum atomic E-state index is 12.2. The van der Waals surface area contributed by atoms with E-state index in [1.807, 2.05) is 47.9 Å². The van der Waals surface area contributed by atoms with E-state index in [0.29, 0.717) is 12.1 Å². The highest BCUT2D eigenvalue weighted by Crippen LogP contribution is 2.14. The Labute approximate surface area is 136 Å². The van der Waals surface area contributed by atoms with Gasteiger partial charge in [-0.05, 0) is 37.5 Å². The molecule has 0 atom stereocenters. The number of benzene rings is 1. The van der Waals surface area contributed by atoms with Gasteiger partial charge in [-0.25, -0.2) is 13.4 Å². The summed E-state index contributed by atoms with van der Waals surface area (Å²) in [6.45, 7) is 1.90. The number of hydrogen-bond donors (Lipinski definition) is 1. The molecule has 2 aromatic heterocycles. The molecule has 0 bridgehead atoms. The van der Waals surface area contributed by atoms with E-state index in [4.69, 9.17) is 0 Å². The zero-order chi connectivity index (χ0) is 16.3. The Morgan fingerprint density at radius 3 is 2.65 bits per heavy atom. The highest BCUT2D eigenvalue weighted by molar-refractivity contribution is 7.92. The molecule has 0 spiro atoms. The van der Waals surface area contributed by atoms with Gasteiger partial charge in [0.05, 0.1) is 17.1 Å². The molecule has 0 unspecified atom stereocenters. The molecule has 120 valence electrons. The zero-order valence-corrected chi connectivity index (χ0v) is 13.8. The Hall–Kier alpha value is -2.34. The maximum Gasteiger partial charge on any atom is 0.232 e. The van der Waals surface area contributed by atoms with Crippen LogP contribution in [0, 0.1) is 6.92 Å². The van der Waals surface area contributed by atoms with Crippen LogP contribution < -0.4 is 4.72 Å². The number of hydrogen-bond acceptors (Lipinski definition) is 3. The maximum absolute atomic E-state index is 12.2. The summed E-state index contributed by atoms with van der Waals surface area (Å²) < 4.78 is 28.8. The van der Waals surface area contributed by atoms with Crippen molar-refractivity contribution in [3.63, 3.8) is 0 Å². The molecule has 5 nitrogen and oxygen atoms in total. The Kier molecular flexibility index (Phi) is 4.34. The van der Waals surface area contributed by atoms with Gasteiger partial charge in [-0.2, -0.15) is 0 Å². The first-order valence-electron chi connectivity index (χ1n) is 7.52. The fraction of sp³-hybridized carbons (Fsp3) is 0.235. The molecule has 0 aliphatic rings. The number of rotatable bonds is 6. The van der Waals surface area contributed by atoms with Gasteiger partial charge in [0.15, 0.2) is 0 Å². The normalized spacial score (nSPS) is 11.7. The van der Waals surface area contributed by atoms with Gasteiger partial charge in [-0.3, -0.25) is 4.72 Å². The molecule has 1 aromatic carbocycles. The Bertz CT molecular complexity index is 902. The average molecular weight is 329 g/mol. The lowest BCUT2D eigenvalue weighted by atomic mass is 10.1. The van der Waals surface area contributed by atoms with Crippen LogP contribution in [0.2, 0.25) is 0 Å². The van der Waals surface area contributed by atoms with Crippen molar-refractivity contribution >= 4 is 21.4 Å². The average Bonchev–Trinajstić information content (AvgIpc) is 2.87. The first-order chi connectivity index (χ1) is 11.0. The molecular formula is C17H19N3O2S. The molecule has 0 radical (unpaired) electrons. The van der Waals surface area contributed by atoms with Gasteiger partial charge in [-0.1, -0.05) is 30.3 Å². The molecular weight excluding hydrogens is 310 g/mol. The van der Waals surface area contributed by atoms with E-state index in [1.165, 1.54) is 0 Å². The summed E-state index contributed by atoms with van der Waals surface area (Å²) >= 11 is 0. The minimum absolute atomic E-state index is 0.100. The quantitative estimate of drug-likeness (QED) is 0.756. The van der Waals surface area contributed by atoms with Crippen LogP contribution in [0.25, 0.3) is 5.65 Å². The summed E-state index contributed by atoms with van der Waals surface area (Å²) in [5, 5.41) is 0. The number of nitrogens with zero attached hydrogens (tertiary/aromatic N) is 2. The van der Waals surface area contributed by atoms with Crippen LogP contribution in [0.5, 0.6) is 0 Å². The Balaban J connectivity index is 1.62. The van der Waals surface area contributed by atoms with Crippen LogP contribution >= 0.6 is 0 Å². The van der Waals surface area contributed by atoms with E-state index in [0.717, 1.165) is 23.3 Å². The molecule has 3 rings (SSSR count). The van der Waals surface area contributed by atoms with Crippen LogP contribution in [0.4, 0.5) is 5.69 Å². The van der Waals surface area contributed by atoms with E-state index in [1.54, 1.807) is 18.3 Å². The zero-order valence-electron chi connectivity index (χ0n) is 12.9. The molecule has 2 heterocycles. The summed E-state index contributed by atoms with van der Waals surface area (Å²) in [4.78, 5) is 4.32. The lowest BCUT2D eigenvalue weighted by Gasteiger charge is -2.08. The molecule has 0 aliphatic heterocycles. The lowest BCUT2D eigenvalue weighted by Crippen LogP contribution is -2.17. The van der Waals surface area contributed by atoms with Crippen molar-refractivity contribution < 1.29 is 8.42 Å². The minimum atomic E-state index is -3.35. The lowest BCUT2D eigenvalue weighted by molar-refractivity contribution is 0.598. The van der Waals surface area contributed by atoms with Crippen molar-refractivity contribution in [2.24, 2.45) is 0 Å². The van der Waals surface area contributed by atoms with Gasteiger partial charge in [0, 0.05) is 12.4 Å². The number of pyridine rings is 1. The van der Waals surface area contributed by atoms with E-state index in [-0.39, 0.29) is 5.75 Å². The van der Waals surface area contributed by atoms with Gasteiger partial charge in [0.2, 0.25) is 10.0 Å². The van der Waals surface area contributed by atoms with E-state index in [2.05, 4.69) is 9.71 Å². The number of aryl methyl sites for hydroxylation is 2. The van der Waals surface area contributed by atoms with Gasteiger partial charge in [0.1, 0.15) is 5.65 Å². The third kappa shape index (κ3) is 4.10. The second kappa shape index (κ2) is 6.42. The molecule has 3 aromatic rings. The van der Waals surface area contributed by atoms with Crippen molar-refractivity contribution in [3.05, 3.63) is 66.1 Å². The first-order valence-corrected chi connectivity index (χ1v) is 9.17. The van der Waals surface area contributed by atoms with Crippen molar-refractivity contribution in [3.8, 4) is 0 Å². The summed E-state index contributed by atoms with van der Waals surface area (Å²) in [6, 6.07) is 13.4. The van der Waals surface area contributed by atoms with Crippen molar-refractivity contribution in [1.29, 1.82) is 0 Å². The van der Waals surface area contributed by atoms with E-state index < -0.39 is 10.0 Å². The Morgan fingerprint density at radius 1 is 1.09 bits per heavy atom. The third-order valence-corrected chi connectivity index (χ3v) is 4.94. The molecule has 0 amide bonds. The number of nitrogens with one attached hydrogen (secondary N) is 1. The highest BCUT2D eigenvalue weighted by atomic mass is 32.2. The number of imidazole rings is 1. The Morgan fingerprint density at radius 2 is 1.87 bits per heavy atom. The summed E-state index contributed by atoms with van der Waals surface area (Å²) in [5.41, 5.74) is 3.40. The summed E-state index contributed by atoms with van der Waals surface area (Å²) in [6.07, 6.45) is 4.94. The molecule has 6 heteroatoms. The largest absolute Gasteiger partial charge is 0.305 e. The second-order valence-electron chi connectivity index (χ2n) is 5.58. The molecule has 23 heavy (non-hydrogen) atoms. The van der Waals surface area contributed by atoms with Crippen LogP contribution in [0.15, 0.2) is 54.9 Å². The SMILES string of the molecule is Cc1cn2cc(NS(=O)(=O)CCCc3ccccc3)ccc2n1. The predicted molar refractivity (Wildman–Crippen MR) is 92.1 cm³/mol. The molecule has 0 aliphatic carbocycles. The monoisotopic (exact) mass is 329 g/mol. The van der Waals surface area contributed by atoms with Crippen LogP contribution in [0.1, 0.15) is 17.7 Å². The minimum Gasteiger partial charge on any atom is -0.305 e. The van der Waals surface area contributed by atoms with Gasteiger partial charge in [0.25, 0.3) is 0 Å². The second-order valence-corrected chi connectivity index (χ2v) is 7.42. The van der Waals surface area contributed by atoms with Crippen molar-refractivity contribution in [1.82, 2.24) is 9.38 Å². The molecule has 0 saturated carbocycles. The van der Waals surface area contributed by atoms with E-state index in [9.17, 15) is 8.42 Å². The van der Waals surface area contributed by atoms with Crippen molar-refractivity contribution in [2.75, 3.05) is 10.5 Å². The smallest absolute Gasteiger partial charge is 0.232 e.